The highest BCUT2D eigenvalue weighted by Gasteiger charge is 2.08. The molecular formula is C14H22BrN3O3S. The molecule has 0 unspecified atom stereocenters. The van der Waals surface area contributed by atoms with Gasteiger partial charge in [-0.25, -0.2) is 17.9 Å². The molecule has 8 heteroatoms. The molecule has 124 valence electrons. The van der Waals surface area contributed by atoms with E-state index in [0.717, 1.165) is 21.3 Å². The first kappa shape index (κ1) is 18.9. The van der Waals surface area contributed by atoms with Crippen molar-refractivity contribution >= 4 is 37.7 Å². The van der Waals surface area contributed by atoms with Crippen LogP contribution in [0.2, 0.25) is 0 Å². The van der Waals surface area contributed by atoms with E-state index in [1.165, 1.54) is 0 Å². The van der Waals surface area contributed by atoms with E-state index >= 15 is 0 Å². The third-order valence-corrected chi connectivity index (χ3v) is 4.94. The molecule has 2 amide bonds. The van der Waals surface area contributed by atoms with Crippen LogP contribution in [0.25, 0.3) is 0 Å². The van der Waals surface area contributed by atoms with E-state index < -0.39 is 10.0 Å². The number of rotatable bonds is 7. The summed E-state index contributed by atoms with van der Waals surface area (Å²) in [5, 5.41) is 5.52. The van der Waals surface area contributed by atoms with Crippen LogP contribution in [0.15, 0.2) is 16.6 Å². The van der Waals surface area contributed by atoms with Gasteiger partial charge in [0.25, 0.3) is 0 Å². The molecule has 0 radical (unpaired) electrons. The van der Waals surface area contributed by atoms with Crippen molar-refractivity contribution in [3.05, 3.63) is 27.7 Å². The summed E-state index contributed by atoms with van der Waals surface area (Å²) in [6.45, 7) is 6.14. The van der Waals surface area contributed by atoms with E-state index in [0.29, 0.717) is 19.5 Å². The predicted octanol–water partition coefficient (Wildman–Crippen LogP) is 2.52. The fourth-order valence-electron chi connectivity index (χ4n) is 1.89. The summed E-state index contributed by atoms with van der Waals surface area (Å²) in [6, 6.07) is 3.57. The zero-order chi connectivity index (χ0) is 16.8. The summed E-state index contributed by atoms with van der Waals surface area (Å²) in [5.74, 6) is 0.0586. The summed E-state index contributed by atoms with van der Waals surface area (Å²) in [7, 11) is -3.17. The molecule has 0 aromatic heterocycles. The minimum atomic E-state index is -3.17. The van der Waals surface area contributed by atoms with Gasteiger partial charge in [0.2, 0.25) is 10.0 Å². The van der Waals surface area contributed by atoms with Crippen molar-refractivity contribution in [3.63, 3.8) is 0 Å². The smallest absolute Gasteiger partial charge is 0.319 e. The number of hydrogen-bond donors (Lipinski definition) is 3. The Bertz CT molecular complexity index is 609. The first-order chi connectivity index (χ1) is 10.2. The predicted molar refractivity (Wildman–Crippen MR) is 92.7 cm³/mol. The van der Waals surface area contributed by atoms with Gasteiger partial charge in [0.1, 0.15) is 0 Å². The highest BCUT2D eigenvalue weighted by molar-refractivity contribution is 9.10. The van der Waals surface area contributed by atoms with Crippen molar-refractivity contribution < 1.29 is 13.2 Å². The Morgan fingerprint density at radius 1 is 1.18 bits per heavy atom. The molecule has 0 heterocycles. The summed E-state index contributed by atoms with van der Waals surface area (Å²) >= 11 is 3.41. The lowest BCUT2D eigenvalue weighted by Crippen LogP contribution is -2.33. The molecule has 0 atom stereocenters. The van der Waals surface area contributed by atoms with Gasteiger partial charge >= 0.3 is 6.03 Å². The van der Waals surface area contributed by atoms with Crippen LogP contribution in [0.4, 0.5) is 10.5 Å². The van der Waals surface area contributed by atoms with Crippen LogP contribution in [0.5, 0.6) is 0 Å². The molecule has 3 N–H and O–H groups in total. The van der Waals surface area contributed by atoms with Crippen LogP contribution in [-0.4, -0.2) is 33.3 Å². The number of amides is 2. The van der Waals surface area contributed by atoms with Crippen molar-refractivity contribution in [2.45, 2.75) is 27.2 Å². The largest absolute Gasteiger partial charge is 0.338 e. The van der Waals surface area contributed by atoms with Crippen molar-refractivity contribution in [1.82, 2.24) is 10.0 Å². The van der Waals surface area contributed by atoms with E-state index in [1.807, 2.05) is 26.0 Å². The maximum absolute atomic E-state index is 11.8. The minimum Gasteiger partial charge on any atom is -0.338 e. The Labute approximate surface area is 140 Å². The molecule has 1 aromatic rings. The zero-order valence-corrected chi connectivity index (χ0v) is 15.4. The van der Waals surface area contributed by atoms with Gasteiger partial charge in [-0.1, -0.05) is 15.9 Å². The topological polar surface area (TPSA) is 87.3 Å². The Hall–Kier alpha value is -1.12. The highest BCUT2D eigenvalue weighted by Crippen LogP contribution is 2.24. The third-order valence-electron chi connectivity index (χ3n) is 3.08. The average Bonchev–Trinajstić information content (AvgIpc) is 2.42. The van der Waals surface area contributed by atoms with E-state index in [1.54, 1.807) is 6.92 Å². The average molecular weight is 392 g/mol. The second-order valence-corrected chi connectivity index (χ2v) is 7.96. The second-order valence-electron chi connectivity index (χ2n) is 4.95. The van der Waals surface area contributed by atoms with Crippen molar-refractivity contribution in [2.75, 3.05) is 24.2 Å². The normalized spacial score (nSPS) is 11.3. The number of benzene rings is 1. The van der Waals surface area contributed by atoms with Gasteiger partial charge in [-0.3, -0.25) is 0 Å². The van der Waals surface area contributed by atoms with Gasteiger partial charge in [-0.05, 0) is 50.5 Å². The van der Waals surface area contributed by atoms with E-state index in [4.69, 9.17) is 0 Å². The van der Waals surface area contributed by atoms with Crippen LogP contribution in [0, 0.1) is 13.8 Å². The molecule has 0 saturated carbocycles. The maximum Gasteiger partial charge on any atom is 0.319 e. The van der Waals surface area contributed by atoms with E-state index in [-0.39, 0.29) is 11.8 Å². The number of carbonyl (C=O) groups excluding carboxylic acids is 1. The molecule has 0 aliphatic carbocycles. The van der Waals surface area contributed by atoms with Gasteiger partial charge in [0, 0.05) is 23.2 Å². The lowest BCUT2D eigenvalue weighted by atomic mass is 10.1. The summed E-state index contributed by atoms with van der Waals surface area (Å²) in [5.41, 5.74) is 2.72. The van der Waals surface area contributed by atoms with Gasteiger partial charge in [-0.2, -0.15) is 0 Å². The molecule has 0 bridgehead atoms. The molecule has 22 heavy (non-hydrogen) atoms. The van der Waals surface area contributed by atoms with Gasteiger partial charge in [-0.15, -0.1) is 0 Å². The first-order valence-corrected chi connectivity index (χ1v) is 9.48. The number of nitrogens with one attached hydrogen (secondary N) is 3. The van der Waals surface area contributed by atoms with Crippen molar-refractivity contribution in [1.29, 1.82) is 0 Å². The second kappa shape index (κ2) is 8.50. The molecule has 0 aliphatic heterocycles. The molecular weight excluding hydrogens is 370 g/mol. The van der Waals surface area contributed by atoms with Crippen molar-refractivity contribution in [2.24, 2.45) is 0 Å². The van der Waals surface area contributed by atoms with Crippen LogP contribution in [-0.2, 0) is 10.0 Å². The zero-order valence-electron chi connectivity index (χ0n) is 13.0. The molecule has 1 rings (SSSR count). The van der Waals surface area contributed by atoms with Gasteiger partial charge < -0.3 is 10.6 Å². The Balaban J connectivity index is 2.39. The monoisotopic (exact) mass is 391 g/mol. The first-order valence-electron chi connectivity index (χ1n) is 7.04. The lowest BCUT2D eigenvalue weighted by molar-refractivity contribution is 0.252. The minimum absolute atomic E-state index is 0.0586. The summed E-state index contributed by atoms with van der Waals surface area (Å²) in [6.07, 6.45) is 0.533. The SMILES string of the molecule is CCS(=O)(=O)NCCCNC(=O)Nc1c(C)cc(Br)cc1C. The third kappa shape index (κ3) is 6.33. The molecule has 0 saturated heterocycles. The number of hydrogen-bond acceptors (Lipinski definition) is 3. The molecule has 0 aliphatic rings. The highest BCUT2D eigenvalue weighted by atomic mass is 79.9. The number of urea groups is 1. The van der Waals surface area contributed by atoms with Gasteiger partial charge in [0.15, 0.2) is 0 Å². The maximum atomic E-state index is 11.8. The van der Waals surface area contributed by atoms with Crippen molar-refractivity contribution in [3.8, 4) is 0 Å². The molecule has 1 aromatic carbocycles. The number of sulfonamides is 1. The van der Waals surface area contributed by atoms with Crippen LogP contribution < -0.4 is 15.4 Å². The lowest BCUT2D eigenvalue weighted by Gasteiger charge is -2.13. The van der Waals surface area contributed by atoms with Gasteiger partial charge in [0.05, 0.1) is 5.75 Å². The number of halogens is 1. The fourth-order valence-corrected chi connectivity index (χ4v) is 3.23. The number of anilines is 1. The van der Waals surface area contributed by atoms with E-state index in [9.17, 15) is 13.2 Å². The Kier molecular flexibility index (Phi) is 7.31. The van der Waals surface area contributed by atoms with E-state index in [2.05, 4.69) is 31.3 Å². The Morgan fingerprint density at radius 2 is 1.77 bits per heavy atom. The summed E-state index contributed by atoms with van der Waals surface area (Å²) < 4.78 is 25.9. The number of carbonyl (C=O) groups is 1. The number of aryl methyl sites for hydroxylation is 2. The standard InChI is InChI=1S/C14H22BrN3O3S/c1-4-22(20,21)17-7-5-6-16-14(19)18-13-10(2)8-12(15)9-11(13)3/h8-9,17H,4-7H2,1-3H3,(H2,16,18,19). The molecule has 0 fully saturated rings. The Morgan fingerprint density at radius 3 is 2.32 bits per heavy atom. The molecule has 6 nitrogen and oxygen atoms in total. The summed E-state index contributed by atoms with van der Waals surface area (Å²) in [4.78, 5) is 11.8. The van der Waals surface area contributed by atoms with Crippen LogP contribution >= 0.6 is 15.9 Å². The quantitative estimate of drug-likeness (QED) is 0.623. The van der Waals surface area contributed by atoms with Crippen LogP contribution in [0.3, 0.4) is 0 Å². The van der Waals surface area contributed by atoms with Crippen LogP contribution in [0.1, 0.15) is 24.5 Å². The molecule has 0 spiro atoms. The fraction of sp³-hybridized carbons (Fsp3) is 0.500.